The molecule has 0 atom stereocenters. The molecule has 0 radical (unpaired) electrons. The molecule has 2 rings (SSSR count). The molecule has 0 bridgehead atoms. The minimum atomic E-state index is 0.0228. The molecular formula is C17H25BrN2O. The molecule has 0 unspecified atom stereocenters. The van der Waals surface area contributed by atoms with Gasteiger partial charge < -0.3 is 10.6 Å². The molecule has 1 aliphatic heterocycles. The lowest BCUT2D eigenvalue weighted by Crippen LogP contribution is -2.62. The summed E-state index contributed by atoms with van der Waals surface area (Å²) in [7, 11) is 0. The van der Waals surface area contributed by atoms with Crippen LogP contribution in [0.4, 0.5) is 0 Å². The third kappa shape index (κ3) is 4.55. The fraction of sp³-hybridized carbons (Fsp3) is 0.588. The van der Waals surface area contributed by atoms with Gasteiger partial charge in [0.1, 0.15) is 0 Å². The van der Waals surface area contributed by atoms with Crippen molar-refractivity contribution in [3.05, 3.63) is 35.4 Å². The fourth-order valence-electron chi connectivity index (χ4n) is 3.44. The molecular weight excluding hydrogens is 328 g/mol. The second-order valence-electron chi connectivity index (χ2n) is 7.30. The van der Waals surface area contributed by atoms with Gasteiger partial charge in [-0.05, 0) is 58.2 Å². The van der Waals surface area contributed by atoms with Gasteiger partial charge in [-0.1, -0.05) is 28.1 Å². The Kier molecular flexibility index (Phi) is 4.79. The first-order valence-corrected chi connectivity index (χ1v) is 8.58. The average Bonchev–Trinajstić information content (AvgIpc) is 2.35. The summed E-state index contributed by atoms with van der Waals surface area (Å²) in [5.74, 6) is 0.0228. The lowest BCUT2D eigenvalue weighted by Gasteiger charge is -2.46. The van der Waals surface area contributed by atoms with E-state index in [0.29, 0.717) is 0 Å². The van der Waals surface area contributed by atoms with E-state index in [1.54, 1.807) is 0 Å². The van der Waals surface area contributed by atoms with E-state index in [-0.39, 0.29) is 23.0 Å². The van der Waals surface area contributed by atoms with Crippen LogP contribution in [0.25, 0.3) is 0 Å². The molecule has 21 heavy (non-hydrogen) atoms. The molecule has 1 aliphatic rings. The van der Waals surface area contributed by atoms with Crippen molar-refractivity contribution >= 4 is 21.8 Å². The SMILES string of the molecule is CC1(C)CC(NC(=O)c2ccc(CBr)cc2)CC(C)(C)N1. The number of hydrogen-bond acceptors (Lipinski definition) is 2. The van der Waals surface area contributed by atoms with Gasteiger partial charge in [0.15, 0.2) is 0 Å². The highest BCUT2D eigenvalue weighted by atomic mass is 79.9. The number of benzene rings is 1. The molecule has 3 nitrogen and oxygen atoms in total. The van der Waals surface area contributed by atoms with Crippen LogP contribution in [0.1, 0.15) is 56.5 Å². The van der Waals surface area contributed by atoms with E-state index >= 15 is 0 Å². The van der Waals surface area contributed by atoms with Crippen LogP contribution in [0.2, 0.25) is 0 Å². The van der Waals surface area contributed by atoms with Crippen molar-refractivity contribution in [1.29, 1.82) is 0 Å². The maximum absolute atomic E-state index is 12.4. The summed E-state index contributed by atoms with van der Waals surface area (Å²) >= 11 is 3.42. The van der Waals surface area contributed by atoms with E-state index in [4.69, 9.17) is 0 Å². The zero-order valence-electron chi connectivity index (χ0n) is 13.3. The van der Waals surface area contributed by atoms with Crippen LogP contribution in [-0.4, -0.2) is 23.0 Å². The van der Waals surface area contributed by atoms with Crippen molar-refractivity contribution in [1.82, 2.24) is 10.6 Å². The Labute approximate surface area is 136 Å². The van der Waals surface area contributed by atoms with Crippen molar-refractivity contribution in [2.45, 2.75) is 63.0 Å². The summed E-state index contributed by atoms with van der Waals surface area (Å²) in [4.78, 5) is 12.4. The molecule has 1 aromatic carbocycles. The molecule has 0 spiro atoms. The standard InChI is InChI=1S/C17H25BrN2O/c1-16(2)9-14(10-17(3,4)20-16)19-15(21)13-7-5-12(11-18)6-8-13/h5-8,14,20H,9-11H2,1-4H3,(H,19,21). The van der Waals surface area contributed by atoms with E-state index in [0.717, 1.165) is 23.7 Å². The Bertz CT molecular complexity index is 492. The number of nitrogens with one attached hydrogen (secondary N) is 2. The predicted octanol–water partition coefficient (Wildman–Crippen LogP) is 3.62. The molecule has 1 amide bonds. The molecule has 1 aromatic rings. The number of carbonyl (C=O) groups excluding carboxylic acids is 1. The first kappa shape index (κ1) is 16.5. The first-order chi connectivity index (χ1) is 9.71. The average molecular weight is 353 g/mol. The van der Waals surface area contributed by atoms with Crippen molar-refractivity contribution in [2.24, 2.45) is 0 Å². The zero-order valence-corrected chi connectivity index (χ0v) is 14.9. The normalized spacial score (nSPS) is 21.0. The van der Waals surface area contributed by atoms with Gasteiger partial charge in [-0.3, -0.25) is 4.79 Å². The van der Waals surface area contributed by atoms with Crippen molar-refractivity contribution < 1.29 is 4.79 Å². The molecule has 0 aromatic heterocycles. The van der Waals surface area contributed by atoms with Crippen LogP contribution in [0.15, 0.2) is 24.3 Å². The molecule has 0 saturated carbocycles. The second-order valence-corrected chi connectivity index (χ2v) is 7.86. The lowest BCUT2D eigenvalue weighted by molar-refractivity contribution is 0.0873. The fourth-order valence-corrected chi connectivity index (χ4v) is 3.81. The Balaban J connectivity index is 2.04. The largest absolute Gasteiger partial charge is 0.349 e. The van der Waals surface area contributed by atoms with Crippen molar-refractivity contribution in [2.75, 3.05) is 0 Å². The van der Waals surface area contributed by atoms with Gasteiger partial charge in [0.05, 0.1) is 0 Å². The van der Waals surface area contributed by atoms with E-state index in [1.807, 2.05) is 24.3 Å². The molecule has 2 N–H and O–H groups in total. The van der Waals surface area contributed by atoms with Gasteiger partial charge in [0, 0.05) is 28.0 Å². The van der Waals surface area contributed by atoms with Gasteiger partial charge in [0.25, 0.3) is 5.91 Å². The predicted molar refractivity (Wildman–Crippen MR) is 90.9 cm³/mol. The minimum absolute atomic E-state index is 0.0228. The Morgan fingerprint density at radius 1 is 1.19 bits per heavy atom. The topological polar surface area (TPSA) is 41.1 Å². The quantitative estimate of drug-likeness (QED) is 0.815. The molecule has 0 aliphatic carbocycles. The maximum atomic E-state index is 12.4. The van der Waals surface area contributed by atoms with Crippen LogP contribution < -0.4 is 10.6 Å². The number of alkyl halides is 1. The molecule has 1 heterocycles. The number of halogens is 1. The van der Waals surface area contributed by atoms with E-state index in [1.165, 1.54) is 5.56 Å². The number of hydrogen-bond donors (Lipinski definition) is 2. The van der Waals surface area contributed by atoms with Crippen molar-refractivity contribution in [3.8, 4) is 0 Å². The van der Waals surface area contributed by atoms with Gasteiger partial charge >= 0.3 is 0 Å². The number of amides is 1. The molecule has 4 heteroatoms. The summed E-state index contributed by atoms with van der Waals surface area (Å²) in [6.07, 6.45) is 1.89. The number of carbonyl (C=O) groups is 1. The Morgan fingerprint density at radius 3 is 2.19 bits per heavy atom. The van der Waals surface area contributed by atoms with Gasteiger partial charge in [-0.25, -0.2) is 0 Å². The molecule has 116 valence electrons. The summed E-state index contributed by atoms with van der Waals surface area (Å²) in [5.41, 5.74) is 1.99. The second kappa shape index (κ2) is 6.09. The number of rotatable bonds is 3. The molecule has 1 saturated heterocycles. The third-order valence-corrected chi connectivity index (χ3v) is 4.54. The van der Waals surface area contributed by atoms with Crippen molar-refractivity contribution in [3.63, 3.8) is 0 Å². The highest BCUT2D eigenvalue weighted by molar-refractivity contribution is 9.08. The van der Waals surface area contributed by atoms with E-state index in [2.05, 4.69) is 54.3 Å². The van der Waals surface area contributed by atoms with Gasteiger partial charge in [-0.2, -0.15) is 0 Å². The smallest absolute Gasteiger partial charge is 0.251 e. The van der Waals surface area contributed by atoms with Crippen LogP contribution in [0.5, 0.6) is 0 Å². The third-order valence-electron chi connectivity index (χ3n) is 3.90. The summed E-state index contributed by atoms with van der Waals surface area (Å²) in [6.45, 7) is 8.77. The van der Waals surface area contributed by atoms with E-state index in [9.17, 15) is 4.79 Å². The highest BCUT2D eigenvalue weighted by Gasteiger charge is 2.38. The Morgan fingerprint density at radius 2 is 1.71 bits per heavy atom. The van der Waals surface area contributed by atoms with Gasteiger partial charge in [-0.15, -0.1) is 0 Å². The highest BCUT2D eigenvalue weighted by Crippen LogP contribution is 2.28. The summed E-state index contributed by atoms with van der Waals surface area (Å²) in [5, 5.41) is 7.64. The van der Waals surface area contributed by atoms with Gasteiger partial charge in [0.2, 0.25) is 0 Å². The Hall–Kier alpha value is -0.870. The van der Waals surface area contributed by atoms with Crippen LogP contribution >= 0.6 is 15.9 Å². The van der Waals surface area contributed by atoms with E-state index < -0.39 is 0 Å². The van der Waals surface area contributed by atoms with Crippen LogP contribution in [-0.2, 0) is 5.33 Å². The monoisotopic (exact) mass is 352 g/mol. The van der Waals surface area contributed by atoms with Crippen LogP contribution in [0, 0.1) is 0 Å². The first-order valence-electron chi connectivity index (χ1n) is 7.46. The van der Waals surface area contributed by atoms with Crippen LogP contribution in [0.3, 0.4) is 0 Å². The summed E-state index contributed by atoms with van der Waals surface area (Å²) in [6, 6.07) is 7.96. The summed E-state index contributed by atoms with van der Waals surface area (Å²) < 4.78 is 0. The minimum Gasteiger partial charge on any atom is -0.349 e. The zero-order chi connectivity index (χ0) is 15.7. The molecule has 1 fully saturated rings. The number of piperidine rings is 1. The lowest BCUT2D eigenvalue weighted by atomic mass is 9.79. The maximum Gasteiger partial charge on any atom is 0.251 e.